The molecule has 1 saturated heterocycles. The van der Waals surface area contributed by atoms with E-state index in [4.69, 9.17) is 26.8 Å². The van der Waals surface area contributed by atoms with Crippen LogP contribution in [-0.2, 0) is 11.3 Å². The van der Waals surface area contributed by atoms with Crippen molar-refractivity contribution >= 4 is 11.6 Å². The Hall–Kier alpha value is -0.810. The maximum Gasteiger partial charge on any atom is 0.123 e. The van der Waals surface area contributed by atoms with Crippen molar-refractivity contribution in [1.82, 2.24) is 4.90 Å². The number of methoxy groups -OCH3 is 1. The second-order valence-electron chi connectivity index (χ2n) is 5.86. The molecule has 4 nitrogen and oxygen atoms in total. The van der Waals surface area contributed by atoms with Gasteiger partial charge in [-0.05, 0) is 32.0 Å². The topological polar surface area (TPSA) is 47.7 Å². The van der Waals surface area contributed by atoms with Crippen LogP contribution in [0.5, 0.6) is 5.75 Å². The van der Waals surface area contributed by atoms with Crippen LogP contribution in [0.25, 0.3) is 0 Å². The highest BCUT2D eigenvalue weighted by Crippen LogP contribution is 2.27. The van der Waals surface area contributed by atoms with Crippen molar-refractivity contribution in [3.8, 4) is 5.75 Å². The van der Waals surface area contributed by atoms with Gasteiger partial charge in [-0.3, -0.25) is 4.90 Å². The molecule has 20 heavy (non-hydrogen) atoms. The SMILES string of the molecule is COc1ccc(Cl)cc1CN1CC(CN)OC(C)(C)C1. The molecular formula is C15H23ClN2O2. The van der Waals surface area contributed by atoms with Gasteiger partial charge in [-0.25, -0.2) is 0 Å². The normalized spacial score (nSPS) is 22.8. The van der Waals surface area contributed by atoms with E-state index in [1.54, 1.807) is 7.11 Å². The maximum absolute atomic E-state index is 6.08. The van der Waals surface area contributed by atoms with Gasteiger partial charge >= 0.3 is 0 Å². The zero-order chi connectivity index (χ0) is 14.8. The Morgan fingerprint density at radius 2 is 2.25 bits per heavy atom. The minimum atomic E-state index is -0.186. The van der Waals surface area contributed by atoms with Crippen LogP contribution in [0.4, 0.5) is 0 Å². The van der Waals surface area contributed by atoms with Gasteiger partial charge in [0.1, 0.15) is 5.75 Å². The van der Waals surface area contributed by atoms with Crippen molar-refractivity contribution in [3.05, 3.63) is 28.8 Å². The van der Waals surface area contributed by atoms with Gasteiger partial charge in [-0.2, -0.15) is 0 Å². The highest BCUT2D eigenvalue weighted by atomic mass is 35.5. The molecule has 1 fully saturated rings. The summed E-state index contributed by atoms with van der Waals surface area (Å²) in [5.41, 5.74) is 6.67. The number of nitrogens with zero attached hydrogens (tertiary/aromatic N) is 1. The molecule has 0 aliphatic carbocycles. The summed E-state index contributed by atoms with van der Waals surface area (Å²) in [6.07, 6.45) is 0.0731. The number of morpholine rings is 1. The van der Waals surface area contributed by atoms with Crippen LogP contribution in [0, 0.1) is 0 Å². The molecule has 0 amide bonds. The third-order valence-electron chi connectivity index (χ3n) is 3.45. The molecule has 1 aliphatic heterocycles. The zero-order valence-corrected chi connectivity index (χ0v) is 13.1. The Morgan fingerprint density at radius 3 is 2.90 bits per heavy atom. The third kappa shape index (κ3) is 3.85. The molecule has 0 saturated carbocycles. The summed E-state index contributed by atoms with van der Waals surface area (Å²) in [4.78, 5) is 2.34. The lowest BCUT2D eigenvalue weighted by Crippen LogP contribution is -2.54. The first-order chi connectivity index (χ1) is 9.43. The molecular weight excluding hydrogens is 276 g/mol. The van der Waals surface area contributed by atoms with E-state index in [2.05, 4.69) is 18.7 Å². The number of rotatable bonds is 4. The summed E-state index contributed by atoms with van der Waals surface area (Å²) in [5, 5.41) is 0.726. The van der Waals surface area contributed by atoms with Gasteiger partial charge in [0.25, 0.3) is 0 Å². The predicted molar refractivity (Wildman–Crippen MR) is 81.3 cm³/mol. The van der Waals surface area contributed by atoms with Crippen LogP contribution in [0.1, 0.15) is 19.4 Å². The van der Waals surface area contributed by atoms with Gasteiger partial charge in [-0.1, -0.05) is 11.6 Å². The molecule has 0 aromatic heterocycles. The van der Waals surface area contributed by atoms with E-state index in [-0.39, 0.29) is 11.7 Å². The summed E-state index contributed by atoms with van der Waals surface area (Å²) in [7, 11) is 1.68. The first kappa shape index (κ1) is 15.6. The van der Waals surface area contributed by atoms with E-state index < -0.39 is 0 Å². The van der Waals surface area contributed by atoms with Crippen molar-refractivity contribution in [2.45, 2.75) is 32.1 Å². The lowest BCUT2D eigenvalue weighted by Gasteiger charge is -2.42. The van der Waals surface area contributed by atoms with Gasteiger partial charge in [0.05, 0.1) is 18.8 Å². The van der Waals surface area contributed by atoms with Crippen molar-refractivity contribution in [2.24, 2.45) is 5.73 Å². The van der Waals surface area contributed by atoms with E-state index in [1.165, 1.54) is 0 Å². The van der Waals surface area contributed by atoms with Gasteiger partial charge in [-0.15, -0.1) is 0 Å². The highest BCUT2D eigenvalue weighted by Gasteiger charge is 2.32. The van der Waals surface area contributed by atoms with Crippen LogP contribution in [0.3, 0.4) is 0 Å². The summed E-state index contributed by atoms with van der Waals surface area (Å²) in [5.74, 6) is 0.864. The molecule has 2 N–H and O–H groups in total. The minimum Gasteiger partial charge on any atom is -0.496 e. The standard InChI is InChI=1S/C15H23ClN2O2/c1-15(2)10-18(9-13(7-17)20-15)8-11-6-12(16)4-5-14(11)19-3/h4-6,13H,7-10,17H2,1-3H3. The molecule has 112 valence electrons. The molecule has 2 rings (SSSR count). The monoisotopic (exact) mass is 298 g/mol. The molecule has 0 spiro atoms. The van der Waals surface area contributed by atoms with Gasteiger partial charge in [0, 0.05) is 36.8 Å². The van der Waals surface area contributed by atoms with Crippen LogP contribution in [0.2, 0.25) is 5.02 Å². The molecule has 0 bridgehead atoms. The fourth-order valence-electron chi connectivity index (χ4n) is 2.77. The zero-order valence-electron chi connectivity index (χ0n) is 12.4. The maximum atomic E-state index is 6.08. The molecule has 0 radical (unpaired) electrons. The van der Waals surface area contributed by atoms with Crippen molar-refractivity contribution in [1.29, 1.82) is 0 Å². The number of hydrogen-bond donors (Lipinski definition) is 1. The molecule has 1 unspecified atom stereocenters. The Labute approximate surface area is 125 Å². The second kappa shape index (κ2) is 6.31. The van der Waals surface area contributed by atoms with E-state index in [1.807, 2.05) is 18.2 Å². The van der Waals surface area contributed by atoms with E-state index >= 15 is 0 Å². The summed E-state index contributed by atoms with van der Waals surface area (Å²) in [6, 6.07) is 5.71. The average molecular weight is 299 g/mol. The molecule has 5 heteroatoms. The lowest BCUT2D eigenvalue weighted by atomic mass is 10.0. The first-order valence-corrected chi connectivity index (χ1v) is 7.24. The molecule has 1 heterocycles. The third-order valence-corrected chi connectivity index (χ3v) is 3.69. The van der Waals surface area contributed by atoms with E-state index in [0.29, 0.717) is 6.54 Å². The predicted octanol–water partition coefficient (Wildman–Crippen LogP) is 2.29. The first-order valence-electron chi connectivity index (χ1n) is 6.86. The Balaban J connectivity index is 2.14. The largest absolute Gasteiger partial charge is 0.496 e. The van der Waals surface area contributed by atoms with Crippen molar-refractivity contribution < 1.29 is 9.47 Å². The van der Waals surface area contributed by atoms with Crippen LogP contribution in [-0.4, -0.2) is 43.3 Å². The summed E-state index contributed by atoms with van der Waals surface area (Å²) >= 11 is 6.08. The summed E-state index contributed by atoms with van der Waals surface area (Å²) < 4.78 is 11.4. The fourth-order valence-corrected chi connectivity index (χ4v) is 2.97. The van der Waals surface area contributed by atoms with E-state index in [0.717, 1.165) is 36.0 Å². The number of nitrogens with two attached hydrogens (primary N) is 1. The molecule has 1 aromatic carbocycles. The number of ether oxygens (including phenoxy) is 2. The number of benzene rings is 1. The van der Waals surface area contributed by atoms with Gasteiger partial charge in [0.2, 0.25) is 0 Å². The van der Waals surface area contributed by atoms with Crippen LogP contribution < -0.4 is 10.5 Å². The van der Waals surface area contributed by atoms with Crippen LogP contribution >= 0.6 is 11.6 Å². The highest BCUT2D eigenvalue weighted by molar-refractivity contribution is 6.30. The lowest BCUT2D eigenvalue weighted by molar-refractivity contribution is -0.134. The smallest absolute Gasteiger partial charge is 0.123 e. The molecule has 1 aliphatic rings. The van der Waals surface area contributed by atoms with Gasteiger partial charge in [0.15, 0.2) is 0 Å². The Morgan fingerprint density at radius 1 is 1.50 bits per heavy atom. The fraction of sp³-hybridized carbons (Fsp3) is 0.600. The van der Waals surface area contributed by atoms with Crippen molar-refractivity contribution in [2.75, 3.05) is 26.7 Å². The summed E-state index contributed by atoms with van der Waals surface area (Å²) in [6.45, 7) is 7.20. The van der Waals surface area contributed by atoms with Crippen LogP contribution in [0.15, 0.2) is 18.2 Å². The Bertz CT molecular complexity index is 465. The molecule has 1 aromatic rings. The van der Waals surface area contributed by atoms with E-state index in [9.17, 15) is 0 Å². The number of halogens is 1. The minimum absolute atomic E-state index is 0.0731. The average Bonchev–Trinajstić information content (AvgIpc) is 2.37. The quantitative estimate of drug-likeness (QED) is 0.926. The number of hydrogen-bond acceptors (Lipinski definition) is 4. The second-order valence-corrected chi connectivity index (χ2v) is 6.30. The Kier molecular flexibility index (Phi) is 4.91. The van der Waals surface area contributed by atoms with Gasteiger partial charge < -0.3 is 15.2 Å². The molecule has 1 atom stereocenters. The van der Waals surface area contributed by atoms with Crippen molar-refractivity contribution in [3.63, 3.8) is 0 Å².